The lowest BCUT2D eigenvalue weighted by Crippen LogP contribution is -2.14. The van der Waals surface area contributed by atoms with Crippen molar-refractivity contribution in [3.8, 4) is 27.6 Å². The van der Waals surface area contributed by atoms with E-state index in [9.17, 15) is 4.79 Å². The fraction of sp³-hybridized carbons (Fsp3) is 0.0870. The monoisotopic (exact) mass is 435 g/mol. The number of halogens is 1. The molecule has 0 saturated heterocycles. The van der Waals surface area contributed by atoms with Crippen molar-refractivity contribution in [3.05, 3.63) is 83.0 Å². The zero-order valence-electron chi connectivity index (χ0n) is 16.1. The molecule has 30 heavy (non-hydrogen) atoms. The van der Waals surface area contributed by atoms with Gasteiger partial charge in [-0.25, -0.2) is 4.98 Å². The number of amides is 1. The van der Waals surface area contributed by atoms with Crippen LogP contribution < -0.4 is 10.1 Å². The van der Waals surface area contributed by atoms with Crippen LogP contribution in [0.2, 0.25) is 5.02 Å². The van der Waals surface area contributed by atoms with Gasteiger partial charge in [0.1, 0.15) is 10.8 Å². The van der Waals surface area contributed by atoms with Crippen LogP contribution in [0.15, 0.2) is 72.4 Å². The number of pyridine rings is 1. The van der Waals surface area contributed by atoms with Gasteiger partial charge in [-0.15, -0.1) is 11.3 Å². The van der Waals surface area contributed by atoms with Crippen molar-refractivity contribution >= 4 is 34.5 Å². The molecule has 0 atom stereocenters. The van der Waals surface area contributed by atoms with Crippen LogP contribution in [0.25, 0.3) is 21.8 Å². The number of benzene rings is 2. The second kappa shape index (κ2) is 9.07. The van der Waals surface area contributed by atoms with E-state index in [0.29, 0.717) is 16.5 Å². The number of methoxy groups -OCH3 is 1. The molecule has 1 N–H and O–H groups in total. The van der Waals surface area contributed by atoms with E-state index >= 15 is 0 Å². The highest BCUT2D eigenvalue weighted by atomic mass is 35.5. The molecular weight excluding hydrogens is 418 g/mol. The fourth-order valence-corrected chi connectivity index (χ4v) is 4.05. The van der Waals surface area contributed by atoms with E-state index in [-0.39, 0.29) is 12.3 Å². The Morgan fingerprint density at radius 2 is 1.83 bits per heavy atom. The molecule has 4 rings (SSSR count). The van der Waals surface area contributed by atoms with Crippen LogP contribution in [0, 0.1) is 0 Å². The Hall–Kier alpha value is -3.22. The van der Waals surface area contributed by atoms with Crippen molar-refractivity contribution in [1.29, 1.82) is 0 Å². The number of rotatable bonds is 6. The number of hydrogen-bond donors (Lipinski definition) is 1. The van der Waals surface area contributed by atoms with Crippen molar-refractivity contribution in [3.63, 3.8) is 0 Å². The van der Waals surface area contributed by atoms with Crippen molar-refractivity contribution < 1.29 is 9.53 Å². The summed E-state index contributed by atoms with van der Waals surface area (Å²) in [6.07, 6.45) is 3.79. The molecule has 0 aliphatic heterocycles. The highest BCUT2D eigenvalue weighted by Crippen LogP contribution is 2.29. The minimum Gasteiger partial charge on any atom is -0.495 e. The summed E-state index contributed by atoms with van der Waals surface area (Å²) in [5, 5.41) is 6.29. The van der Waals surface area contributed by atoms with Crippen molar-refractivity contribution in [2.24, 2.45) is 0 Å². The van der Waals surface area contributed by atoms with E-state index in [1.807, 2.05) is 41.8 Å². The Balaban J connectivity index is 1.41. The van der Waals surface area contributed by atoms with Crippen molar-refractivity contribution in [2.45, 2.75) is 6.42 Å². The normalized spacial score (nSPS) is 10.6. The quantitative estimate of drug-likeness (QED) is 0.421. The molecule has 2 heterocycles. The molecule has 0 saturated carbocycles. The van der Waals surface area contributed by atoms with E-state index in [1.165, 1.54) is 0 Å². The molecule has 0 unspecified atom stereocenters. The summed E-state index contributed by atoms with van der Waals surface area (Å²) < 4.78 is 5.12. The molecule has 0 spiro atoms. The SMILES string of the molecule is COc1ccc(NC(=O)Cc2ccc(-c3csc(-c4ccncc4)n3)cc2)cc1Cl. The summed E-state index contributed by atoms with van der Waals surface area (Å²) >= 11 is 7.70. The molecule has 0 bridgehead atoms. The van der Waals surface area contributed by atoms with E-state index in [4.69, 9.17) is 21.3 Å². The van der Waals surface area contributed by atoms with Gasteiger partial charge in [-0.2, -0.15) is 0 Å². The molecule has 150 valence electrons. The Labute approximate surface area is 183 Å². The largest absolute Gasteiger partial charge is 0.495 e. The molecule has 2 aromatic heterocycles. The first-order valence-corrected chi connectivity index (χ1v) is 10.5. The highest BCUT2D eigenvalue weighted by molar-refractivity contribution is 7.13. The summed E-state index contributed by atoms with van der Waals surface area (Å²) in [5.41, 5.74) is 4.52. The first-order chi connectivity index (χ1) is 14.6. The predicted octanol–water partition coefficient (Wildman–Crippen LogP) is 5.72. The number of hydrogen-bond acceptors (Lipinski definition) is 5. The number of anilines is 1. The van der Waals surface area contributed by atoms with E-state index in [2.05, 4.69) is 10.3 Å². The van der Waals surface area contributed by atoms with Gasteiger partial charge >= 0.3 is 0 Å². The highest BCUT2D eigenvalue weighted by Gasteiger charge is 2.09. The average molecular weight is 436 g/mol. The topological polar surface area (TPSA) is 64.1 Å². The summed E-state index contributed by atoms with van der Waals surface area (Å²) in [6, 6.07) is 16.9. The van der Waals surface area contributed by atoms with Crippen LogP contribution in [-0.2, 0) is 11.2 Å². The lowest BCUT2D eigenvalue weighted by molar-refractivity contribution is -0.115. The summed E-state index contributed by atoms with van der Waals surface area (Å²) in [4.78, 5) is 21.1. The molecular formula is C23H18ClN3O2S. The van der Waals surface area contributed by atoms with Gasteiger partial charge in [0.05, 0.1) is 24.2 Å². The van der Waals surface area contributed by atoms with Gasteiger partial charge in [0.25, 0.3) is 0 Å². The van der Waals surface area contributed by atoms with Crippen LogP contribution in [0.3, 0.4) is 0 Å². The number of nitrogens with zero attached hydrogens (tertiary/aromatic N) is 2. The maximum absolute atomic E-state index is 12.4. The third-order valence-electron chi connectivity index (χ3n) is 4.48. The number of carbonyl (C=O) groups excluding carboxylic acids is 1. The molecule has 2 aromatic carbocycles. The minimum atomic E-state index is -0.113. The van der Waals surface area contributed by atoms with Crippen LogP contribution >= 0.6 is 22.9 Å². The van der Waals surface area contributed by atoms with Crippen LogP contribution in [0.1, 0.15) is 5.56 Å². The first kappa shape index (κ1) is 20.1. The summed E-state index contributed by atoms with van der Waals surface area (Å²) in [6.45, 7) is 0. The third kappa shape index (κ3) is 4.67. The van der Waals surface area contributed by atoms with Crippen LogP contribution in [-0.4, -0.2) is 23.0 Å². The summed E-state index contributed by atoms with van der Waals surface area (Å²) in [7, 11) is 1.55. The second-order valence-corrected chi connectivity index (χ2v) is 7.81. The number of carbonyl (C=O) groups is 1. The second-order valence-electron chi connectivity index (χ2n) is 6.54. The maximum Gasteiger partial charge on any atom is 0.228 e. The van der Waals surface area contributed by atoms with Crippen LogP contribution in [0.5, 0.6) is 5.75 Å². The van der Waals surface area contributed by atoms with Gasteiger partial charge in [-0.05, 0) is 35.9 Å². The number of nitrogens with one attached hydrogen (secondary N) is 1. The van der Waals surface area contributed by atoms with Gasteiger partial charge in [-0.1, -0.05) is 35.9 Å². The average Bonchev–Trinajstić information content (AvgIpc) is 3.25. The Kier molecular flexibility index (Phi) is 6.07. The number of thiazole rings is 1. The van der Waals surface area contributed by atoms with Gasteiger partial charge in [0.2, 0.25) is 5.91 Å². The van der Waals surface area contributed by atoms with Crippen molar-refractivity contribution in [1.82, 2.24) is 9.97 Å². The number of aromatic nitrogens is 2. The van der Waals surface area contributed by atoms with Gasteiger partial charge in [0, 0.05) is 34.6 Å². The predicted molar refractivity (Wildman–Crippen MR) is 121 cm³/mol. The van der Waals surface area contributed by atoms with E-state index in [0.717, 1.165) is 27.4 Å². The lowest BCUT2D eigenvalue weighted by atomic mass is 10.1. The van der Waals surface area contributed by atoms with Crippen LogP contribution in [0.4, 0.5) is 5.69 Å². The molecule has 1 amide bonds. The van der Waals surface area contributed by atoms with E-state index in [1.54, 1.807) is 49.0 Å². The zero-order valence-corrected chi connectivity index (χ0v) is 17.7. The lowest BCUT2D eigenvalue weighted by Gasteiger charge is -2.08. The van der Waals surface area contributed by atoms with E-state index < -0.39 is 0 Å². The molecule has 0 fully saturated rings. The molecule has 0 aliphatic rings. The first-order valence-electron chi connectivity index (χ1n) is 9.21. The van der Waals surface area contributed by atoms with Crippen molar-refractivity contribution in [2.75, 3.05) is 12.4 Å². The molecule has 7 heteroatoms. The minimum absolute atomic E-state index is 0.113. The standard InChI is InChI=1S/C23H18ClN3O2S/c1-29-21-7-6-18(13-19(21)24)26-22(28)12-15-2-4-16(5-3-15)20-14-30-23(27-20)17-8-10-25-11-9-17/h2-11,13-14H,12H2,1H3,(H,26,28). The smallest absolute Gasteiger partial charge is 0.228 e. The molecule has 0 radical (unpaired) electrons. The zero-order chi connectivity index (χ0) is 20.9. The fourth-order valence-electron chi connectivity index (χ4n) is 2.96. The third-order valence-corrected chi connectivity index (χ3v) is 5.67. The molecule has 4 aromatic rings. The summed E-state index contributed by atoms with van der Waals surface area (Å²) in [5.74, 6) is 0.456. The Morgan fingerprint density at radius 3 is 2.53 bits per heavy atom. The van der Waals surface area contributed by atoms with Gasteiger partial charge in [0.15, 0.2) is 0 Å². The maximum atomic E-state index is 12.4. The van der Waals surface area contributed by atoms with Gasteiger partial charge < -0.3 is 10.1 Å². The number of ether oxygens (including phenoxy) is 1. The Morgan fingerprint density at radius 1 is 1.07 bits per heavy atom. The Bertz CT molecular complexity index is 1160. The molecule has 0 aliphatic carbocycles. The molecule has 5 nitrogen and oxygen atoms in total. The van der Waals surface area contributed by atoms with Gasteiger partial charge in [-0.3, -0.25) is 9.78 Å².